The number of hydrazine groups is 5. The molecule has 0 rings (SSSR count). The summed E-state index contributed by atoms with van der Waals surface area (Å²) in [6.07, 6.45) is 0. The fourth-order valence-corrected chi connectivity index (χ4v) is 0.0745. The average molecular weight is 92.1 g/mol. The summed E-state index contributed by atoms with van der Waals surface area (Å²) in [5, 5.41) is 0.694. The van der Waals surface area contributed by atoms with Crippen molar-refractivity contribution in [1.82, 2.24) is 16.3 Å². The number of nitrogens with zero attached hydrogens (tertiary/aromatic N) is 1. The lowest BCUT2D eigenvalue weighted by Crippen LogP contribution is -2.57. The molecule has 0 aromatic carbocycles. The maximum Gasteiger partial charge on any atom is -0.102 e. The molecule has 6 heteroatoms. The highest BCUT2D eigenvalue weighted by molar-refractivity contribution is 3.99. The molecule has 8 N–H and O–H groups in total. The van der Waals surface area contributed by atoms with Crippen molar-refractivity contribution in [2.45, 2.75) is 0 Å². The Morgan fingerprint density at radius 1 is 1.33 bits per heavy atom. The van der Waals surface area contributed by atoms with Crippen molar-refractivity contribution in [1.29, 1.82) is 0 Å². The fourth-order valence-electron chi connectivity index (χ4n) is 0.0745. The minimum absolute atomic E-state index is 0.694. The van der Waals surface area contributed by atoms with Gasteiger partial charge in [-0.2, -0.15) is 5.53 Å². The van der Waals surface area contributed by atoms with E-state index in [4.69, 9.17) is 11.7 Å². The molecule has 0 heterocycles. The summed E-state index contributed by atoms with van der Waals surface area (Å²) in [6.45, 7) is 0. The number of hydrogen-bond acceptors (Lipinski definition) is 6. The first-order valence-electron chi connectivity index (χ1n) is 1.28. The fraction of sp³-hybridized carbons (Fsp3) is 0. The van der Waals surface area contributed by atoms with Gasteiger partial charge in [-0.25, -0.2) is 11.7 Å². The van der Waals surface area contributed by atoms with Crippen molar-refractivity contribution >= 4 is 0 Å². The first-order valence-corrected chi connectivity index (χ1v) is 1.28. The monoisotopic (exact) mass is 92.1 g/mol. The average Bonchev–Trinajstić information content (AvgIpc) is 1.35. The highest BCUT2D eigenvalue weighted by atomic mass is 15.9. The Kier molecular flexibility index (Phi) is 2.85. The van der Waals surface area contributed by atoms with Gasteiger partial charge in [-0.15, -0.1) is 10.8 Å². The molecule has 0 aliphatic heterocycles. The van der Waals surface area contributed by atoms with Gasteiger partial charge in [-0.3, -0.25) is 5.84 Å². The van der Waals surface area contributed by atoms with E-state index in [1.165, 1.54) is 0 Å². The first-order chi connectivity index (χ1) is 2.77. The second-order valence-corrected chi connectivity index (χ2v) is 0.663. The second-order valence-electron chi connectivity index (χ2n) is 0.663. The zero-order valence-corrected chi connectivity index (χ0v) is 3.18. The van der Waals surface area contributed by atoms with Gasteiger partial charge < -0.3 is 0 Å². The molecular weight excluding hydrogens is 84.0 g/mol. The predicted molar refractivity (Wildman–Crippen MR) is 20.7 cm³/mol. The first kappa shape index (κ1) is 5.76. The summed E-state index contributed by atoms with van der Waals surface area (Å²) >= 11 is 0. The summed E-state index contributed by atoms with van der Waals surface area (Å²) in [5.74, 6) is 14.2. The Labute approximate surface area is 35.1 Å². The molecule has 0 atom stereocenters. The van der Waals surface area contributed by atoms with Crippen LogP contribution in [0.1, 0.15) is 0 Å². The van der Waals surface area contributed by atoms with Gasteiger partial charge in [0, 0.05) is 0 Å². The van der Waals surface area contributed by atoms with Gasteiger partial charge in [-0.05, 0) is 0 Å². The Hall–Kier alpha value is -0.240. The van der Waals surface area contributed by atoms with E-state index in [1.807, 2.05) is 5.53 Å². The number of rotatable bonds is 2. The molecule has 0 aliphatic rings. The van der Waals surface area contributed by atoms with Crippen molar-refractivity contribution in [3.05, 3.63) is 0 Å². The van der Waals surface area contributed by atoms with Crippen LogP contribution >= 0.6 is 0 Å². The lowest BCUT2D eigenvalue weighted by atomic mass is 12.1. The number of hydrogen-bond donors (Lipinski definition) is 5. The van der Waals surface area contributed by atoms with Crippen molar-refractivity contribution in [3.63, 3.8) is 0 Å². The van der Waals surface area contributed by atoms with Gasteiger partial charge in [0.15, 0.2) is 0 Å². The lowest BCUT2D eigenvalue weighted by Gasteiger charge is -2.06. The molecule has 6 nitrogen and oxygen atoms in total. The van der Waals surface area contributed by atoms with Gasteiger partial charge in [0.05, 0.1) is 0 Å². The maximum atomic E-state index is 4.76. The van der Waals surface area contributed by atoms with E-state index in [9.17, 15) is 0 Å². The molecule has 0 radical (unpaired) electrons. The summed E-state index contributed by atoms with van der Waals surface area (Å²) < 4.78 is 0. The SMILES string of the molecule is NNNN(N)N. The third-order valence-electron chi connectivity index (χ3n) is 0.194. The molecule has 0 spiro atoms. The van der Waals surface area contributed by atoms with Crippen LogP contribution < -0.4 is 28.6 Å². The van der Waals surface area contributed by atoms with Crippen LogP contribution in [0.2, 0.25) is 0 Å². The molecule has 0 saturated carbocycles. The zero-order valence-electron chi connectivity index (χ0n) is 3.18. The van der Waals surface area contributed by atoms with Crippen LogP contribution in [0.3, 0.4) is 0 Å². The predicted octanol–water partition coefficient (Wildman–Crippen LogP) is -3.08. The molecule has 0 fully saturated rings. The highest BCUT2D eigenvalue weighted by Gasteiger charge is 1.75. The van der Waals surface area contributed by atoms with E-state index in [0.29, 0.717) is 5.23 Å². The second kappa shape index (κ2) is 2.97. The molecule has 38 valence electrons. The topological polar surface area (TPSA) is 105 Å². The summed E-state index contributed by atoms with van der Waals surface area (Å²) in [5.41, 5.74) is 4.12. The Morgan fingerprint density at radius 2 is 1.83 bits per heavy atom. The highest BCUT2D eigenvalue weighted by Crippen LogP contribution is 1.29. The Balaban J connectivity index is 2.63. The summed E-state index contributed by atoms with van der Waals surface area (Å²) in [7, 11) is 0. The van der Waals surface area contributed by atoms with Gasteiger partial charge in [0.25, 0.3) is 0 Å². The molecule has 0 bridgehead atoms. The van der Waals surface area contributed by atoms with Crippen LogP contribution in [0.4, 0.5) is 0 Å². The molecule has 0 saturated heterocycles. The summed E-state index contributed by atoms with van der Waals surface area (Å²) in [4.78, 5) is 0. The molecule has 0 aromatic rings. The van der Waals surface area contributed by atoms with Gasteiger partial charge in [0.2, 0.25) is 0 Å². The maximum absolute atomic E-state index is 4.76. The van der Waals surface area contributed by atoms with Gasteiger partial charge >= 0.3 is 0 Å². The minimum atomic E-state index is 0.694. The molecule has 6 heavy (non-hydrogen) atoms. The van der Waals surface area contributed by atoms with Crippen molar-refractivity contribution in [2.24, 2.45) is 17.5 Å². The van der Waals surface area contributed by atoms with Crippen molar-refractivity contribution < 1.29 is 0 Å². The Bertz CT molecular complexity index is 21.2. The van der Waals surface area contributed by atoms with E-state index in [2.05, 4.69) is 11.4 Å². The number of nitrogens with two attached hydrogens (primary N) is 3. The lowest BCUT2D eigenvalue weighted by molar-refractivity contribution is 0.158. The molecule has 0 aliphatic carbocycles. The van der Waals surface area contributed by atoms with Crippen LogP contribution in [0, 0.1) is 0 Å². The third kappa shape index (κ3) is 3.76. The largest absolute Gasteiger partial charge is 0.257 e. The summed E-state index contributed by atoms with van der Waals surface area (Å²) in [6, 6.07) is 0. The van der Waals surface area contributed by atoms with E-state index >= 15 is 0 Å². The van der Waals surface area contributed by atoms with Crippen molar-refractivity contribution in [3.8, 4) is 0 Å². The van der Waals surface area contributed by atoms with Gasteiger partial charge in [-0.1, -0.05) is 0 Å². The van der Waals surface area contributed by atoms with E-state index in [0.717, 1.165) is 0 Å². The smallest absolute Gasteiger partial charge is 0.102 e. The van der Waals surface area contributed by atoms with E-state index in [-0.39, 0.29) is 0 Å². The minimum Gasteiger partial charge on any atom is -0.257 e. The molecular formula is H8N6. The number of nitrogens with one attached hydrogen (secondary N) is 2. The van der Waals surface area contributed by atoms with Crippen LogP contribution in [0.5, 0.6) is 0 Å². The van der Waals surface area contributed by atoms with Crippen LogP contribution in [0.25, 0.3) is 0 Å². The van der Waals surface area contributed by atoms with Crippen LogP contribution in [-0.2, 0) is 0 Å². The Morgan fingerprint density at radius 3 is 1.83 bits per heavy atom. The normalized spacial score (nSPS) is 10.0. The van der Waals surface area contributed by atoms with Crippen molar-refractivity contribution in [2.75, 3.05) is 0 Å². The third-order valence-corrected chi connectivity index (χ3v) is 0.194. The quantitative estimate of drug-likeness (QED) is 0.183. The zero-order chi connectivity index (χ0) is 4.99. The van der Waals surface area contributed by atoms with E-state index < -0.39 is 0 Å². The molecule has 0 unspecified atom stereocenters. The van der Waals surface area contributed by atoms with Gasteiger partial charge in [0.1, 0.15) is 0 Å². The molecule has 0 amide bonds. The van der Waals surface area contributed by atoms with Crippen LogP contribution in [-0.4, -0.2) is 5.23 Å². The van der Waals surface area contributed by atoms with Crippen LogP contribution in [0.15, 0.2) is 0 Å². The molecule has 0 aromatic heterocycles. The van der Waals surface area contributed by atoms with E-state index in [1.54, 1.807) is 0 Å². The standard InChI is InChI=1S/H8N6/c1-4-5-6(2)3/h4-5H,1-3H2.